The Morgan fingerprint density at radius 1 is 1.35 bits per heavy atom. The Kier molecular flexibility index (Phi) is 3.56. The minimum absolute atomic E-state index is 0.0455. The average molecular weight is 269 g/mol. The van der Waals surface area contributed by atoms with Crippen molar-refractivity contribution in [2.75, 3.05) is 11.9 Å². The standard InChI is InChI=1S/C16H19N3O/c1-2-19-10-4-7-15(19)16(20)18-14-6-3-5-12-8-9-17-11-13(12)14/h3-7,10,17H,2,8-9,11H2,1H3,(H,18,20). The van der Waals surface area contributed by atoms with Gasteiger partial charge in [-0.1, -0.05) is 12.1 Å². The van der Waals surface area contributed by atoms with E-state index in [0.717, 1.165) is 31.7 Å². The number of carbonyl (C=O) groups excluding carboxylic acids is 1. The predicted octanol–water partition coefficient (Wildman–Crippen LogP) is 2.41. The van der Waals surface area contributed by atoms with Gasteiger partial charge in [-0.25, -0.2) is 0 Å². The van der Waals surface area contributed by atoms with Gasteiger partial charge in [-0.05, 0) is 49.2 Å². The topological polar surface area (TPSA) is 46.1 Å². The Balaban J connectivity index is 1.86. The molecule has 1 amide bonds. The van der Waals surface area contributed by atoms with Crippen molar-refractivity contribution in [3.63, 3.8) is 0 Å². The molecule has 104 valence electrons. The van der Waals surface area contributed by atoms with Crippen molar-refractivity contribution in [2.24, 2.45) is 0 Å². The molecule has 1 aliphatic rings. The second-order valence-electron chi connectivity index (χ2n) is 5.00. The summed E-state index contributed by atoms with van der Waals surface area (Å²) in [6, 6.07) is 9.88. The summed E-state index contributed by atoms with van der Waals surface area (Å²) in [7, 11) is 0. The maximum Gasteiger partial charge on any atom is 0.272 e. The van der Waals surface area contributed by atoms with Crippen molar-refractivity contribution in [1.82, 2.24) is 9.88 Å². The molecule has 0 atom stereocenters. The van der Waals surface area contributed by atoms with Crippen LogP contribution in [-0.4, -0.2) is 17.0 Å². The van der Waals surface area contributed by atoms with Crippen molar-refractivity contribution >= 4 is 11.6 Å². The summed E-state index contributed by atoms with van der Waals surface area (Å²) in [5, 5.41) is 6.40. The van der Waals surface area contributed by atoms with E-state index in [1.165, 1.54) is 11.1 Å². The van der Waals surface area contributed by atoms with Crippen molar-refractivity contribution < 1.29 is 4.79 Å². The van der Waals surface area contributed by atoms with Gasteiger partial charge < -0.3 is 15.2 Å². The third kappa shape index (κ3) is 2.34. The van der Waals surface area contributed by atoms with Crippen LogP contribution in [0.1, 0.15) is 28.5 Å². The van der Waals surface area contributed by atoms with Gasteiger partial charge in [0.2, 0.25) is 0 Å². The van der Waals surface area contributed by atoms with Crippen LogP contribution in [0.2, 0.25) is 0 Å². The molecule has 2 N–H and O–H groups in total. The SMILES string of the molecule is CCn1cccc1C(=O)Nc1cccc2c1CNCC2. The summed E-state index contributed by atoms with van der Waals surface area (Å²) >= 11 is 0. The molecule has 0 unspecified atom stereocenters. The highest BCUT2D eigenvalue weighted by atomic mass is 16.1. The minimum atomic E-state index is -0.0455. The van der Waals surface area contributed by atoms with Crippen LogP contribution in [0, 0.1) is 0 Å². The lowest BCUT2D eigenvalue weighted by atomic mass is 9.99. The van der Waals surface area contributed by atoms with Crippen molar-refractivity contribution in [1.29, 1.82) is 0 Å². The highest BCUT2D eigenvalue weighted by molar-refractivity contribution is 6.03. The summed E-state index contributed by atoms with van der Waals surface area (Å²) in [6.45, 7) is 4.65. The van der Waals surface area contributed by atoms with Crippen LogP contribution in [0.5, 0.6) is 0 Å². The quantitative estimate of drug-likeness (QED) is 0.899. The summed E-state index contributed by atoms with van der Waals surface area (Å²) in [6.07, 6.45) is 2.95. The number of hydrogen-bond donors (Lipinski definition) is 2. The number of nitrogens with one attached hydrogen (secondary N) is 2. The molecule has 2 aromatic rings. The zero-order chi connectivity index (χ0) is 13.9. The number of hydrogen-bond acceptors (Lipinski definition) is 2. The molecule has 0 radical (unpaired) electrons. The molecule has 0 spiro atoms. The fourth-order valence-corrected chi connectivity index (χ4v) is 2.71. The van der Waals surface area contributed by atoms with Crippen LogP contribution < -0.4 is 10.6 Å². The van der Waals surface area contributed by atoms with Gasteiger partial charge in [0.25, 0.3) is 5.91 Å². The first kappa shape index (κ1) is 12.9. The highest BCUT2D eigenvalue weighted by Gasteiger charge is 2.16. The molecule has 0 saturated carbocycles. The van der Waals surface area contributed by atoms with E-state index in [2.05, 4.69) is 16.7 Å². The second-order valence-corrected chi connectivity index (χ2v) is 5.00. The molecule has 4 heteroatoms. The van der Waals surface area contributed by atoms with E-state index in [4.69, 9.17) is 0 Å². The third-order valence-corrected chi connectivity index (χ3v) is 3.80. The van der Waals surface area contributed by atoms with Gasteiger partial charge in [0, 0.05) is 25.0 Å². The first-order valence-corrected chi connectivity index (χ1v) is 7.07. The number of anilines is 1. The summed E-state index contributed by atoms with van der Waals surface area (Å²) in [5.41, 5.74) is 4.16. The fourth-order valence-electron chi connectivity index (χ4n) is 2.71. The van der Waals surface area contributed by atoms with Crippen molar-refractivity contribution in [3.8, 4) is 0 Å². The summed E-state index contributed by atoms with van der Waals surface area (Å²) in [4.78, 5) is 12.4. The number of aromatic nitrogens is 1. The molecular formula is C16H19N3O. The van der Waals surface area contributed by atoms with Gasteiger partial charge >= 0.3 is 0 Å². The maximum absolute atomic E-state index is 12.4. The van der Waals surface area contributed by atoms with E-state index in [1.807, 2.05) is 42.0 Å². The largest absolute Gasteiger partial charge is 0.344 e. The molecule has 20 heavy (non-hydrogen) atoms. The second kappa shape index (κ2) is 5.51. The van der Waals surface area contributed by atoms with E-state index in [9.17, 15) is 4.79 Å². The number of aryl methyl sites for hydroxylation is 1. The van der Waals surface area contributed by atoms with E-state index in [1.54, 1.807) is 0 Å². The number of benzene rings is 1. The van der Waals surface area contributed by atoms with Gasteiger partial charge in [-0.15, -0.1) is 0 Å². The lowest BCUT2D eigenvalue weighted by Gasteiger charge is -2.20. The smallest absolute Gasteiger partial charge is 0.272 e. The fraction of sp³-hybridized carbons (Fsp3) is 0.312. The number of carbonyl (C=O) groups is 1. The summed E-state index contributed by atoms with van der Waals surface area (Å²) in [5.74, 6) is -0.0455. The minimum Gasteiger partial charge on any atom is -0.344 e. The average Bonchev–Trinajstić information content (AvgIpc) is 2.96. The van der Waals surface area contributed by atoms with Crippen LogP contribution in [-0.2, 0) is 19.5 Å². The van der Waals surface area contributed by atoms with Gasteiger partial charge in [0.15, 0.2) is 0 Å². The van der Waals surface area contributed by atoms with Crippen LogP contribution in [0.3, 0.4) is 0 Å². The highest BCUT2D eigenvalue weighted by Crippen LogP contribution is 2.23. The predicted molar refractivity (Wildman–Crippen MR) is 79.9 cm³/mol. The Morgan fingerprint density at radius 2 is 2.25 bits per heavy atom. The van der Waals surface area contributed by atoms with Crippen LogP contribution in [0.4, 0.5) is 5.69 Å². The molecule has 2 heterocycles. The molecule has 0 fully saturated rings. The Hall–Kier alpha value is -2.07. The molecular weight excluding hydrogens is 250 g/mol. The molecule has 3 rings (SSSR count). The van der Waals surface area contributed by atoms with E-state index in [0.29, 0.717) is 5.69 Å². The van der Waals surface area contributed by atoms with Crippen molar-refractivity contribution in [2.45, 2.75) is 26.4 Å². The number of rotatable bonds is 3. The zero-order valence-corrected chi connectivity index (χ0v) is 11.6. The van der Waals surface area contributed by atoms with Gasteiger partial charge in [0.1, 0.15) is 5.69 Å². The first-order valence-electron chi connectivity index (χ1n) is 7.07. The monoisotopic (exact) mass is 269 g/mol. The van der Waals surface area contributed by atoms with Gasteiger partial charge in [-0.2, -0.15) is 0 Å². The zero-order valence-electron chi connectivity index (χ0n) is 11.6. The van der Waals surface area contributed by atoms with E-state index in [-0.39, 0.29) is 5.91 Å². The van der Waals surface area contributed by atoms with Crippen LogP contribution in [0.25, 0.3) is 0 Å². The molecule has 0 aliphatic carbocycles. The van der Waals surface area contributed by atoms with Gasteiger partial charge in [-0.3, -0.25) is 4.79 Å². The normalized spacial score (nSPS) is 13.8. The molecule has 0 bridgehead atoms. The number of nitrogens with zero attached hydrogens (tertiary/aromatic N) is 1. The van der Waals surface area contributed by atoms with E-state index < -0.39 is 0 Å². The summed E-state index contributed by atoms with van der Waals surface area (Å²) < 4.78 is 1.95. The van der Waals surface area contributed by atoms with Crippen LogP contribution in [0.15, 0.2) is 36.5 Å². The molecule has 0 saturated heterocycles. The molecule has 1 aliphatic heterocycles. The third-order valence-electron chi connectivity index (χ3n) is 3.80. The Labute approximate surface area is 118 Å². The van der Waals surface area contributed by atoms with Crippen molar-refractivity contribution in [3.05, 3.63) is 53.3 Å². The number of amides is 1. The van der Waals surface area contributed by atoms with E-state index >= 15 is 0 Å². The van der Waals surface area contributed by atoms with Crippen LogP contribution >= 0.6 is 0 Å². The molecule has 1 aromatic heterocycles. The Bertz CT molecular complexity index is 630. The maximum atomic E-state index is 12.4. The Morgan fingerprint density at radius 3 is 3.10 bits per heavy atom. The first-order chi connectivity index (χ1) is 9.79. The lowest BCUT2D eigenvalue weighted by molar-refractivity contribution is 0.101. The number of fused-ring (bicyclic) bond motifs is 1. The lowest BCUT2D eigenvalue weighted by Crippen LogP contribution is -2.26. The van der Waals surface area contributed by atoms with Gasteiger partial charge in [0.05, 0.1) is 0 Å². The molecule has 4 nitrogen and oxygen atoms in total. The molecule has 1 aromatic carbocycles.